The van der Waals surface area contributed by atoms with Crippen molar-refractivity contribution in [1.29, 1.82) is 0 Å². The van der Waals surface area contributed by atoms with Gasteiger partial charge in [0.05, 0.1) is 9.62 Å². The highest BCUT2D eigenvalue weighted by molar-refractivity contribution is 7.13. The molecule has 1 aliphatic heterocycles. The summed E-state index contributed by atoms with van der Waals surface area (Å²) in [6.45, 7) is 4.80. The SMILES string of the molecule is O=C(Nc1cccc(CCN2CCN(c3nsc4ccccc34)CC2)c1)c1cccc([N+](=O)[O-])c1. The minimum absolute atomic E-state index is 0.102. The number of benzene rings is 3. The average molecular weight is 488 g/mol. The molecule has 35 heavy (non-hydrogen) atoms. The monoisotopic (exact) mass is 487 g/mol. The van der Waals surface area contributed by atoms with Gasteiger partial charge in [-0.25, -0.2) is 0 Å². The van der Waals surface area contributed by atoms with Gasteiger partial charge in [-0.1, -0.05) is 30.3 Å². The molecule has 178 valence electrons. The van der Waals surface area contributed by atoms with E-state index in [0.717, 1.165) is 50.5 Å². The molecule has 0 spiro atoms. The van der Waals surface area contributed by atoms with Gasteiger partial charge in [0.15, 0.2) is 0 Å². The molecule has 4 aromatic rings. The Bertz CT molecular complexity index is 1360. The molecule has 8 nitrogen and oxygen atoms in total. The molecule has 1 amide bonds. The lowest BCUT2D eigenvalue weighted by Crippen LogP contribution is -2.47. The standard InChI is InChI=1S/C26H25N5O3S/c32-26(20-6-4-8-22(18-20)31(33)34)27-21-7-3-5-19(17-21)11-12-29-13-15-30(16-14-29)25-23-9-1-2-10-24(23)35-28-25/h1-10,17-18H,11-16H2,(H,27,32). The average Bonchev–Trinajstić information content (AvgIpc) is 3.32. The molecule has 1 fully saturated rings. The summed E-state index contributed by atoms with van der Waals surface area (Å²) in [7, 11) is 0. The summed E-state index contributed by atoms with van der Waals surface area (Å²) in [4.78, 5) is 27.9. The topological polar surface area (TPSA) is 91.6 Å². The lowest BCUT2D eigenvalue weighted by molar-refractivity contribution is -0.384. The highest BCUT2D eigenvalue weighted by Gasteiger charge is 2.20. The van der Waals surface area contributed by atoms with Gasteiger partial charge in [-0.3, -0.25) is 19.8 Å². The molecule has 2 heterocycles. The van der Waals surface area contributed by atoms with Crippen molar-refractivity contribution < 1.29 is 9.72 Å². The highest BCUT2D eigenvalue weighted by Crippen LogP contribution is 2.29. The van der Waals surface area contributed by atoms with Crippen LogP contribution in [0.3, 0.4) is 0 Å². The van der Waals surface area contributed by atoms with Crippen LogP contribution >= 0.6 is 11.5 Å². The van der Waals surface area contributed by atoms with E-state index in [1.807, 2.05) is 18.2 Å². The number of anilines is 2. The van der Waals surface area contributed by atoms with E-state index < -0.39 is 4.92 Å². The number of hydrogen-bond donors (Lipinski definition) is 1. The molecule has 1 saturated heterocycles. The van der Waals surface area contributed by atoms with Crippen LogP contribution in [0.2, 0.25) is 0 Å². The summed E-state index contributed by atoms with van der Waals surface area (Å²) >= 11 is 1.56. The molecule has 0 aliphatic carbocycles. The van der Waals surface area contributed by atoms with Crippen LogP contribution in [0.25, 0.3) is 10.1 Å². The quantitative estimate of drug-likeness (QED) is 0.297. The molecule has 0 unspecified atom stereocenters. The molecular weight excluding hydrogens is 462 g/mol. The van der Waals surface area contributed by atoms with Crippen molar-refractivity contribution in [3.63, 3.8) is 0 Å². The number of amides is 1. The maximum atomic E-state index is 12.6. The van der Waals surface area contributed by atoms with E-state index in [9.17, 15) is 14.9 Å². The number of nitrogens with one attached hydrogen (secondary N) is 1. The maximum absolute atomic E-state index is 12.6. The Morgan fingerprint density at radius 1 is 1.00 bits per heavy atom. The van der Waals surface area contributed by atoms with Crippen LogP contribution in [-0.2, 0) is 6.42 Å². The molecular formula is C26H25N5O3S. The smallest absolute Gasteiger partial charge is 0.270 e. The van der Waals surface area contributed by atoms with Gasteiger partial charge in [0.2, 0.25) is 0 Å². The molecule has 9 heteroatoms. The minimum Gasteiger partial charge on any atom is -0.353 e. The Hall–Kier alpha value is -3.82. The van der Waals surface area contributed by atoms with E-state index in [-0.39, 0.29) is 17.2 Å². The van der Waals surface area contributed by atoms with Crippen molar-refractivity contribution in [2.75, 3.05) is 42.9 Å². The first-order chi connectivity index (χ1) is 17.1. The van der Waals surface area contributed by atoms with Gasteiger partial charge in [-0.15, -0.1) is 0 Å². The van der Waals surface area contributed by atoms with Crippen molar-refractivity contribution in [3.05, 3.63) is 94.0 Å². The summed E-state index contributed by atoms with van der Waals surface area (Å²) in [5.41, 5.74) is 1.97. The first-order valence-corrected chi connectivity index (χ1v) is 12.3. The number of nitro benzene ring substituents is 1. The van der Waals surface area contributed by atoms with E-state index >= 15 is 0 Å². The molecule has 0 bridgehead atoms. The first kappa shape index (κ1) is 22.9. The molecule has 0 radical (unpaired) electrons. The van der Waals surface area contributed by atoms with Gasteiger partial charge in [-0.2, -0.15) is 4.37 Å². The highest BCUT2D eigenvalue weighted by atomic mass is 32.1. The van der Waals surface area contributed by atoms with Crippen LogP contribution in [0.1, 0.15) is 15.9 Å². The second kappa shape index (κ2) is 10.2. The molecule has 1 N–H and O–H groups in total. The Kier molecular flexibility index (Phi) is 6.69. The molecule has 1 aliphatic rings. The summed E-state index contributed by atoms with van der Waals surface area (Å²) in [5, 5.41) is 15.1. The molecule has 0 atom stereocenters. The number of carbonyl (C=O) groups excluding carboxylic acids is 1. The van der Waals surface area contributed by atoms with Crippen molar-refractivity contribution in [2.24, 2.45) is 0 Å². The summed E-state index contributed by atoms with van der Waals surface area (Å²) in [6, 6.07) is 21.9. The van der Waals surface area contributed by atoms with Gasteiger partial charge in [0, 0.05) is 61.5 Å². The predicted molar refractivity (Wildman–Crippen MR) is 139 cm³/mol. The first-order valence-electron chi connectivity index (χ1n) is 11.5. The third-order valence-corrected chi connectivity index (χ3v) is 7.07. The zero-order valence-corrected chi connectivity index (χ0v) is 19.9. The minimum atomic E-state index is -0.504. The summed E-state index contributed by atoms with van der Waals surface area (Å²) < 4.78 is 5.91. The normalized spacial score (nSPS) is 14.2. The Morgan fingerprint density at radius 2 is 1.80 bits per heavy atom. The van der Waals surface area contributed by atoms with Crippen molar-refractivity contribution in [2.45, 2.75) is 6.42 Å². The Morgan fingerprint density at radius 3 is 2.63 bits per heavy atom. The Balaban J connectivity index is 1.15. The predicted octanol–water partition coefficient (Wildman–Crippen LogP) is 4.82. The van der Waals surface area contributed by atoms with E-state index in [4.69, 9.17) is 0 Å². The number of piperazine rings is 1. The number of nitrogens with zero attached hydrogens (tertiary/aromatic N) is 4. The van der Waals surface area contributed by atoms with Crippen LogP contribution in [0.5, 0.6) is 0 Å². The second-order valence-electron chi connectivity index (χ2n) is 8.54. The number of non-ortho nitro benzene ring substituents is 1. The van der Waals surface area contributed by atoms with Crippen molar-refractivity contribution in [1.82, 2.24) is 9.27 Å². The maximum Gasteiger partial charge on any atom is 0.270 e. The van der Waals surface area contributed by atoms with Gasteiger partial charge >= 0.3 is 0 Å². The number of hydrogen-bond acceptors (Lipinski definition) is 7. The third-order valence-electron chi connectivity index (χ3n) is 6.25. The zero-order valence-electron chi connectivity index (χ0n) is 19.1. The van der Waals surface area contributed by atoms with E-state index in [0.29, 0.717) is 5.69 Å². The number of carbonyl (C=O) groups is 1. The molecule has 0 saturated carbocycles. The van der Waals surface area contributed by atoms with Crippen molar-refractivity contribution >= 4 is 44.7 Å². The van der Waals surface area contributed by atoms with E-state index in [1.165, 1.54) is 28.3 Å². The fraction of sp³-hybridized carbons (Fsp3) is 0.231. The van der Waals surface area contributed by atoms with Crippen LogP contribution in [-0.4, -0.2) is 52.8 Å². The number of nitro groups is 1. The molecule has 5 rings (SSSR count). The van der Waals surface area contributed by atoms with E-state index in [1.54, 1.807) is 17.6 Å². The van der Waals surface area contributed by atoms with Gasteiger partial charge in [0.1, 0.15) is 5.82 Å². The lowest BCUT2D eigenvalue weighted by atomic mass is 10.1. The summed E-state index contributed by atoms with van der Waals surface area (Å²) in [5.74, 6) is 0.731. The van der Waals surface area contributed by atoms with Crippen LogP contribution < -0.4 is 10.2 Å². The lowest BCUT2D eigenvalue weighted by Gasteiger charge is -2.35. The molecule has 3 aromatic carbocycles. The van der Waals surface area contributed by atoms with Gasteiger partial charge in [-0.05, 0) is 53.8 Å². The summed E-state index contributed by atoms with van der Waals surface area (Å²) in [6.07, 6.45) is 0.875. The molecule has 1 aromatic heterocycles. The Labute approximate surface area is 207 Å². The fourth-order valence-electron chi connectivity index (χ4n) is 4.34. The van der Waals surface area contributed by atoms with Gasteiger partial charge in [0.25, 0.3) is 11.6 Å². The third kappa shape index (κ3) is 5.31. The van der Waals surface area contributed by atoms with Crippen LogP contribution in [0.4, 0.5) is 17.2 Å². The number of fused-ring (bicyclic) bond motifs is 1. The van der Waals surface area contributed by atoms with E-state index in [2.05, 4.69) is 49.8 Å². The largest absolute Gasteiger partial charge is 0.353 e. The van der Waals surface area contributed by atoms with Crippen molar-refractivity contribution in [3.8, 4) is 0 Å². The number of aromatic nitrogens is 1. The zero-order chi connectivity index (χ0) is 24.2. The number of rotatable bonds is 7. The fourth-order valence-corrected chi connectivity index (χ4v) is 5.14. The van der Waals surface area contributed by atoms with Gasteiger partial charge < -0.3 is 10.2 Å². The van der Waals surface area contributed by atoms with Crippen LogP contribution in [0.15, 0.2) is 72.8 Å². The van der Waals surface area contributed by atoms with Crippen LogP contribution in [0, 0.1) is 10.1 Å². The second-order valence-corrected chi connectivity index (χ2v) is 9.35.